The Morgan fingerprint density at radius 2 is 1.40 bits per heavy atom. The molecule has 90 valence electrons. The highest BCUT2D eigenvalue weighted by molar-refractivity contribution is 6.12. The standard InChI is InChI=1S/C14H30Si/c1-5-10(3)12-8-7-9-13(14(12)15)11(4)6-2/h10-14H,5-9H2,1-4,15H3. The molecule has 1 heteroatoms. The van der Waals surface area contributed by atoms with Gasteiger partial charge in [0.25, 0.3) is 0 Å². The van der Waals surface area contributed by atoms with E-state index < -0.39 is 0 Å². The Labute approximate surface area is 99.6 Å². The van der Waals surface area contributed by atoms with E-state index in [1.54, 1.807) is 0 Å². The lowest BCUT2D eigenvalue weighted by molar-refractivity contribution is 0.160. The quantitative estimate of drug-likeness (QED) is 0.642. The molecule has 0 N–H and O–H groups in total. The van der Waals surface area contributed by atoms with Crippen LogP contribution in [0.1, 0.15) is 59.8 Å². The van der Waals surface area contributed by atoms with Crippen LogP contribution < -0.4 is 0 Å². The third-order valence-electron chi connectivity index (χ3n) is 5.18. The van der Waals surface area contributed by atoms with E-state index in [9.17, 15) is 0 Å². The van der Waals surface area contributed by atoms with Gasteiger partial charge in [0, 0.05) is 10.2 Å². The summed E-state index contributed by atoms with van der Waals surface area (Å²) in [5.74, 6) is 4.07. The Kier molecular flexibility index (Phi) is 5.38. The van der Waals surface area contributed by atoms with Crippen LogP contribution in [-0.2, 0) is 0 Å². The largest absolute Gasteiger partial charge is 0.0651 e. The van der Waals surface area contributed by atoms with Crippen LogP contribution in [0, 0.1) is 23.7 Å². The first-order chi connectivity index (χ1) is 7.11. The maximum atomic E-state index is 2.48. The Balaban J connectivity index is 2.62. The van der Waals surface area contributed by atoms with Crippen molar-refractivity contribution < 1.29 is 0 Å². The third-order valence-corrected chi connectivity index (χ3v) is 6.89. The van der Waals surface area contributed by atoms with Gasteiger partial charge in [-0.25, -0.2) is 0 Å². The summed E-state index contributed by atoms with van der Waals surface area (Å²) >= 11 is 0. The molecule has 0 heterocycles. The summed E-state index contributed by atoms with van der Waals surface area (Å²) in [6.45, 7) is 9.70. The van der Waals surface area contributed by atoms with E-state index in [0.29, 0.717) is 0 Å². The lowest BCUT2D eigenvalue weighted by Gasteiger charge is -2.42. The first-order valence-electron chi connectivity index (χ1n) is 7.11. The fourth-order valence-electron chi connectivity index (χ4n) is 3.64. The second kappa shape index (κ2) is 6.08. The fraction of sp³-hybridized carbons (Fsp3) is 1.00. The average Bonchev–Trinajstić information content (AvgIpc) is 2.27. The molecule has 1 saturated carbocycles. The highest BCUT2D eigenvalue weighted by Gasteiger charge is 2.34. The second-order valence-electron chi connectivity index (χ2n) is 5.89. The topological polar surface area (TPSA) is 0 Å². The molecule has 1 rings (SSSR count). The smallest absolute Gasteiger partial charge is 0.00746 e. The van der Waals surface area contributed by atoms with E-state index in [1.165, 1.54) is 42.3 Å². The molecule has 0 aliphatic heterocycles. The van der Waals surface area contributed by atoms with E-state index in [4.69, 9.17) is 0 Å². The van der Waals surface area contributed by atoms with Gasteiger partial charge in [-0.3, -0.25) is 0 Å². The monoisotopic (exact) mass is 226 g/mol. The molecule has 0 aromatic carbocycles. The maximum Gasteiger partial charge on any atom is 0.00746 e. The summed E-state index contributed by atoms with van der Waals surface area (Å²) in [4.78, 5) is 0. The van der Waals surface area contributed by atoms with E-state index in [1.807, 2.05) is 0 Å². The summed E-state index contributed by atoms with van der Waals surface area (Å²) in [6.07, 6.45) is 7.32. The van der Waals surface area contributed by atoms with Gasteiger partial charge in [-0.2, -0.15) is 0 Å². The molecule has 15 heavy (non-hydrogen) atoms. The van der Waals surface area contributed by atoms with Crippen LogP contribution >= 0.6 is 0 Å². The number of hydrogen-bond acceptors (Lipinski definition) is 0. The molecule has 4 unspecified atom stereocenters. The molecule has 0 amide bonds. The minimum Gasteiger partial charge on any atom is -0.0651 e. The van der Waals surface area contributed by atoms with Crippen molar-refractivity contribution >= 4 is 10.2 Å². The Bertz CT molecular complexity index is 160. The molecule has 0 aromatic heterocycles. The van der Waals surface area contributed by atoms with Gasteiger partial charge in [-0.15, -0.1) is 0 Å². The second-order valence-corrected chi connectivity index (χ2v) is 7.22. The summed E-state index contributed by atoms with van der Waals surface area (Å²) in [6, 6.07) is 0. The van der Waals surface area contributed by atoms with Crippen LogP contribution in [-0.4, -0.2) is 10.2 Å². The van der Waals surface area contributed by atoms with Gasteiger partial charge < -0.3 is 0 Å². The van der Waals surface area contributed by atoms with Crippen molar-refractivity contribution in [1.29, 1.82) is 0 Å². The first-order valence-corrected chi connectivity index (χ1v) is 8.27. The van der Waals surface area contributed by atoms with E-state index in [2.05, 4.69) is 27.7 Å². The van der Waals surface area contributed by atoms with Gasteiger partial charge in [-0.1, -0.05) is 59.8 Å². The third kappa shape index (κ3) is 3.09. The first kappa shape index (κ1) is 13.3. The lowest BCUT2D eigenvalue weighted by Crippen LogP contribution is -2.31. The summed E-state index contributed by atoms with van der Waals surface area (Å²) in [5.41, 5.74) is 1.10. The molecule has 0 saturated heterocycles. The zero-order valence-electron chi connectivity index (χ0n) is 11.4. The Morgan fingerprint density at radius 1 is 1.00 bits per heavy atom. The highest BCUT2D eigenvalue weighted by atomic mass is 28.1. The van der Waals surface area contributed by atoms with Crippen molar-refractivity contribution in [2.45, 2.75) is 65.3 Å². The van der Waals surface area contributed by atoms with Crippen molar-refractivity contribution in [3.8, 4) is 0 Å². The van der Waals surface area contributed by atoms with Gasteiger partial charge in [0.15, 0.2) is 0 Å². The molecule has 1 fully saturated rings. The predicted molar refractivity (Wildman–Crippen MR) is 73.4 cm³/mol. The van der Waals surface area contributed by atoms with Crippen molar-refractivity contribution in [1.82, 2.24) is 0 Å². The van der Waals surface area contributed by atoms with Crippen LogP contribution in [0.5, 0.6) is 0 Å². The van der Waals surface area contributed by atoms with Gasteiger partial charge in [0.1, 0.15) is 0 Å². The molecular weight excluding hydrogens is 196 g/mol. The number of hydrogen-bond donors (Lipinski definition) is 0. The van der Waals surface area contributed by atoms with E-state index >= 15 is 0 Å². The molecule has 1 aliphatic carbocycles. The van der Waals surface area contributed by atoms with Gasteiger partial charge in [-0.05, 0) is 29.2 Å². The Morgan fingerprint density at radius 3 is 1.73 bits per heavy atom. The van der Waals surface area contributed by atoms with E-state index in [-0.39, 0.29) is 0 Å². The van der Waals surface area contributed by atoms with Crippen molar-refractivity contribution in [2.75, 3.05) is 0 Å². The minimum atomic E-state index is 0.972. The van der Waals surface area contributed by atoms with Crippen molar-refractivity contribution in [3.63, 3.8) is 0 Å². The van der Waals surface area contributed by atoms with E-state index in [0.717, 1.165) is 29.2 Å². The van der Waals surface area contributed by atoms with Crippen LogP contribution in [0.15, 0.2) is 0 Å². The molecule has 0 nitrogen and oxygen atoms in total. The minimum absolute atomic E-state index is 0.972. The normalized spacial score (nSPS) is 36.4. The maximum absolute atomic E-state index is 2.48. The molecule has 0 radical (unpaired) electrons. The predicted octanol–water partition coefficient (Wildman–Crippen LogP) is 3.65. The summed E-state index contributed by atoms with van der Waals surface area (Å²) in [5, 5.41) is 0. The highest BCUT2D eigenvalue weighted by Crippen LogP contribution is 2.45. The summed E-state index contributed by atoms with van der Waals surface area (Å²) in [7, 11) is 1.42. The summed E-state index contributed by atoms with van der Waals surface area (Å²) < 4.78 is 0. The van der Waals surface area contributed by atoms with Crippen LogP contribution in [0.25, 0.3) is 0 Å². The fourth-order valence-corrected chi connectivity index (χ4v) is 5.62. The van der Waals surface area contributed by atoms with Crippen molar-refractivity contribution in [2.24, 2.45) is 23.7 Å². The van der Waals surface area contributed by atoms with Crippen LogP contribution in [0.3, 0.4) is 0 Å². The zero-order valence-corrected chi connectivity index (χ0v) is 13.4. The Hall–Kier alpha value is 0.217. The van der Waals surface area contributed by atoms with Crippen molar-refractivity contribution in [3.05, 3.63) is 0 Å². The molecule has 0 spiro atoms. The number of rotatable bonds is 4. The molecule has 0 bridgehead atoms. The molecule has 0 aromatic rings. The van der Waals surface area contributed by atoms with Gasteiger partial charge >= 0.3 is 0 Å². The molecular formula is C14H30Si. The lowest BCUT2D eigenvalue weighted by atomic mass is 9.70. The zero-order chi connectivity index (χ0) is 11.4. The van der Waals surface area contributed by atoms with Crippen LogP contribution in [0.4, 0.5) is 0 Å². The van der Waals surface area contributed by atoms with Gasteiger partial charge in [0.2, 0.25) is 0 Å². The SMILES string of the molecule is CCC(C)C1CCCC(C(C)CC)C1[SiH3]. The van der Waals surface area contributed by atoms with Crippen LogP contribution in [0.2, 0.25) is 5.54 Å². The molecule has 4 atom stereocenters. The van der Waals surface area contributed by atoms with Gasteiger partial charge in [0.05, 0.1) is 0 Å². The molecule has 1 aliphatic rings. The average molecular weight is 226 g/mol.